The summed E-state index contributed by atoms with van der Waals surface area (Å²) in [6.45, 7) is 11.6. The molecule has 2 heteroatoms. The summed E-state index contributed by atoms with van der Waals surface area (Å²) >= 11 is 0. The maximum absolute atomic E-state index is 3.61. The fraction of sp³-hybridized carbons (Fsp3) is 1.00. The third-order valence-electron chi connectivity index (χ3n) is 4.00. The van der Waals surface area contributed by atoms with Gasteiger partial charge in [-0.15, -0.1) is 0 Å². The quantitative estimate of drug-likeness (QED) is 0.733. The zero-order chi connectivity index (χ0) is 12.7. The number of nitrogens with zero attached hydrogens (tertiary/aromatic N) is 1. The fourth-order valence-corrected chi connectivity index (χ4v) is 3.01. The lowest BCUT2D eigenvalue weighted by Gasteiger charge is -2.41. The summed E-state index contributed by atoms with van der Waals surface area (Å²) in [4.78, 5) is 2.79. The Bertz CT molecular complexity index is 189. The summed E-state index contributed by atoms with van der Waals surface area (Å²) in [6.07, 6.45) is 8.26. The van der Waals surface area contributed by atoms with Crippen molar-refractivity contribution in [3.05, 3.63) is 0 Å². The second-order valence-electron chi connectivity index (χ2n) is 5.80. The van der Waals surface area contributed by atoms with Gasteiger partial charge < -0.3 is 5.32 Å². The van der Waals surface area contributed by atoms with Crippen LogP contribution < -0.4 is 5.32 Å². The van der Waals surface area contributed by atoms with Crippen LogP contribution >= 0.6 is 0 Å². The average Bonchev–Trinajstić information content (AvgIpc) is 2.32. The maximum atomic E-state index is 3.61. The van der Waals surface area contributed by atoms with Crippen LogP contribution in [0.5, 0.6) is 0 Å². The summed E-state index contributed by atoms with van der Waals surface area (Å²) in [5.41, 5.74) is 0. The first-order valence-corrected chi connectivity index (χ1v) is 7.68. The molecule has 0 aromatic heterocycles. The predicted molar refractivity (Wildman–Crippen MR) is 76.5 cm³/mol. The molecule has 1 fully saturated rings. The van der Waals surface area contributed by atoms with Crippen molar-refractivity contribution < 1.29 is 0 Å². The third-order valence-corrected chi connectivity index (χ3v) is 4.00. The largest absolute Gasteiger partial charge is 0.313 e. The molecule has 1 heterocycles. The fourth-order valence-electron chi connectivity index (χ4n) is 3.01. The molecule has 0 saturated carbocycles. The molecule has 2 atom stereocenters. The Hall–Kier alpha value is -0.0800. The second-order valence-corrected chi connectivity index (χ2v) is 5.80. The summed E-state index contributed by atoms with van der Waals surface area (Å²) < 4.78 is 0. The smallest absolute Gasteiger partial charge is 0.0221 e. The summed E-state index contributed by atoms with van der Waals surface area (Å²) in [5.74, 6) is 0. The van der Waals surface area contributed by atoms with Crippen LogP contribution in [0.2, 0.25) is 0 Å². The number of hydrogen-bond acceptors (Lipinski definition) is 2. The van der Waals surface area contributed by atoms with Crippen molar-refractivity contribution in [2.75, 3.05) is 13.1 Å². The summed E-state index contributed by atoms with van der Waals surface area (Å²) in [7, 11) is 0. The van der Waals surface area contributed by atoms with E-state index in [9.17, 15) is 0 Å². The second kappa shape index (κ2) is 8.10. The molecule has 17 heavy (non-hydrogen) atoms. The molecule has 0 spiro atoms. The van der Waals surface area contributed by atoms with Gasteiger partial charge in [-0.3, -0.25) is 4.90 Å². The Morgan fingerprint density at radius 2 is 2.00 bits per heavy atom. The lowest BCUT2D eigenvalue weighted by molar-refractivity contribution is 0.0838. The Morgan fingerprint density at radius 3 is 2.59 bits per heavy atom. The molecule has 1 N–H and O–H groups in total. The van der Waals surface area contributed by atoms with Gasteiger partial charge in [0.1, 0.15) is 0 Å². The minimum atomic E-state index is 0.610. The van der Waals surface area contributed by atoms with E-state index in [0.29, 0.717) is 6.04 Å². The van der Waals surface area contributed by atoms with Gasteiger partial charge in [-0.05, 0) is 32.2 Å². The lowest BCUT2D eigenvalue weighted by atomic mass is 9.95. The van der Waals surface area contributed by atoms with Gasteiger partial charge in [0.15, 0.2) is 0 Å². The molecular formula is C15H32N2. The van der Waals surface area contributed by atoms with Crippen LogP contribution in [-0.2, 0) is 0 Å². The van der Waals surface area contributed by atoms with Gasteiger partial charge >= 0.3 is 0 Å². The molecule has 1 aliphatic rings. The molecule has 102 valence electrons. The first-order chi connectivity index (χ1) is 8.19. The molecule has 0 radical (unpaired) electrons. The van der Waals surface area contributed by atoms with Crippen LogP contribution in [0.25, 0.3) is 0 Å². The van der Waals surface area contributed by atoms with Gasteiger partial charge in [0, 0.05) is 24.7 Å². The van der Waals surface area contributed by atoms with E-state index < -0.39 is 0 Å². The Kier molecular flexibility index (Phi) is 7.14. The van der Waals surface area contributed by atoms with E-state index in [-0.39, 0.29) is 0 Å². The van der Waals surface area contributed by atoms with Crippen molar-refractivity contribution in [2.45, 2.75) is 84.3 Å². The zero-order valence-corrected chi connectivity index (χ0v) is 12.3. The van der Waals surface area contributed by atoms with Gasteiger partial charge in [0.2, 0.25) is 0 Å². The molecule has 2 nitrogen and oxygen atoms in total. The van der Waals surface area contributed by atoms with Crippen LogP contribution in [0.3, 0.4) is 0 Å². The Balaban J connectivity index is 2.50. The van der Waals surface area contributed by atoms with Crippen LogP contribution in [0.1, 0.15) is 66.2 Å². The van der Waals surface area contributed by atoms with Crippen molar-refractivity contribution in [3.8, 4) is 0 Å². The number of hydrogen-bond donors (Lipinski definition) is 1. The standard InChI is InChI=1S/C15H32N2/c1-5-9-15-10-7-8-11-17(15)14(6-2)12-16-13(3)4/h13-16H,5-12H2,1-4H3. The zero-order valence-electron chi connectivity index (χ0n) is 12.3. The highest BCUT2D eigenvalue weighted by molar-refractivity contribution is 4.83. The van der Waals surface area contributed by atoms with Crippen LogP contribution in [0.15, 0.2) is 0 Å². The van der Waals surface area contributed by atoms with Crippen molar-refractivity contribution in [3.63, 3.8) is 0 Å². The third kappa shape index (κ3) is 4.97. The van der Waals surface area contributed by atoms with E-state index in [2.05, 4.69) is 37.9 Å². The predicted octanol–water partition coefficient (Wildman–Crippen LogP) is 3.42. The normalized spacial score (nSPS) is 24.2. The van der Waals surface area contributed by atoms with Crippen LogP contribution in [-0.4, -0.2) is 36.1 Å². The molecule has 1 saturated heterocycles. The van der Waals surface area contributed by atoms with Crippen molar-refractivity contribution in [1.29, 1.82) is 0 Å². The molecule has 0 bridgehead atoms. The Morgan fingerprint density at radius 1 is 1.24 bits per heavy atom. The Labute approximate surface area is 108 Å². The van der Waals surface area contributed by atoms with Gasteiger partial charge in [-0.25, -0.2) is 0 Å². The van der Waals surface area contributed by atoms with E-state index in [1.165, 1.54) is 45.1 Å². The van der Waals surface area contributed by atoms with Gasteiger partial charge in [0.05, 0.1) is 0 Å². The van der Waals surface area contributed by atoms with Crippen molar-refractivity contribution in [2.24, 2.45) is 0 Å². The van der Waals surface area contributed by atoms with Crippen molar-refractivity contribution in [1.82, 2.24) is 10.2 Å². The average molecular weight is 240 g/mol. The molecule has 0 amide bonds. The van der Waals surface area contributed by atoms with E-state index in [4.69, 9.17) is 0 Å². The van der Waals surface area contributed by atoms with Gasteiger partial charge in [-0.1, -0.05) is 40.5 Å². The SMILES string of the molecule is CCCC1CCCCN1C(CC)CNC(C)C. The lowest BCUT2D eigenvalue weighted by Crippen LogP contribution is -2.50. The van der Waals surface area contributed by atoms with Gasteiger partial charge in [-0.2, -0.15) is 0 Å². The summed E-state index contributed by atoms with van der Waals surface area (Å²) in [6, 6.07) is 2.21. The highest BCUT2D eigenvalue weighted by Gasteiger charge is 2.26. The first-order valence-electron chi connectivity index (χ1n) is 7.68. The highest BCUT2D eigenvalue weighted by Crippen LogP contribution is 2.24. The number of nitrogens with one attached hydrogen (secondary N) is 1. The van der Waals surface area contributed by atoms with Crippen LogP contribution in [0.4, 0.5) is 0 Å². The maximum Gasteiger partial charge on any atom is 0.0221 e. The number of likely N-dealkylation sites (tertiary alicyclic amines) is 1. The number of piperidine rings is 1. The minimum absolute atomic E-state index is 0.610. The van der Waals surface area contributed by atoms with Crippen molar-refractivity contribution >= 4 is 0 Å². The molecule has 1 rings (SSSR count). The topological polar surface area (TPSA) is 15.3 Å². The van der Waals surface area contributed by atoms with E-state index in [1.54, 1.807) is 0 Å². The molecular weight excluding hydrogens is 208 g/mol. The molecule has 1 aliphatic heterocycles. The number of rotatable bonds is 7. The van der Waals surface area contributed by atoms with E-state index >= 15 is 0 Å². The summed E-state index contributed by atoms with van der Waals surface area (Å²) in [5, 5.41) is 3.61. The van der Waals surface area contributed by atoms with E-state index in [0.717, 1.165) is 18.6 Å². The minimum Gasteiger partial charge on any atom is -0.313 e. The molecule has 0 aliphatic carbocycles. The molecule has 2 unspecified atom stereocenters. The van der Waals surface area contributed by atoms with E-state index in [1.807, 2.05) is 0 Å². The molecule has 0 aromatic rings. The monoisotopic (exact) mass is 240 g/mol. The first kappa shape index (κ1) is 15.0. The molecule has 0 aromatic carbocycles. The van der Waals surface area contributed by atoms with Crippen LogP contribution in [0, 0.1) is 0 Å². The highest BCUT2D eigenvalue weighted by atomic mass is 15.2. The van der Waals surface area contributed by atoms with Gasteiger partial charge in [0.25, 0.3) is 0 Å².